The number of halogens is 5. The van der Waals surface area contributed by atoms with Gasteiger partial charge in [0.2, 0.25) is 0 Å². The molecule has 0 spiro atoms. The third kappa shape index (κ3) is 3.67. The van der Waals surface area contributed by atoms with E-state index in [0.717, 1.165) is 11.5 Å². The molecule has 0 aliphatic heterocycles. The second-order valence-electron chi connectivity index (χ2n) is 5.21. The number of rotatable bonds is 4. The summed E-state index contributed by atoms with van der Waals surface area (Å²) in [6, 6.07) is 7.92. The molecule has 0 fully saturated rings. The van der Waals surface area contributed by atoms with Gasteiger partial charge in [-0.05, 0) is 42.8 Å². The van der Waals surface area contributed by atoms with Crippen molar-refractivity contribution in [2.45, 2.75) is 19.7 Å². The predicted molar refractivity (Wildman–Crippen MR) is 79.1 cm³/mol. The second kappa shape index (κ2) is 6.27. The van der Waals surface area contributed by atoms with Crippen LogP contribution in [0.1, 0.15) is 11.1 Å². The second-order valence-corrected chi connectivity index (χ2v) is 5.21. The molecule has 25 heavy (non-hydrogen) atoms. The first-order valence-corrected chi connectivity index (χ1v) is 7.06. The van der Waals surface area contributed by atoms with E-state index in [9.17, 15) is 22.0 Å². The molecule has 0 radical (unpaired) electrons. The van der Waals surface area contributed by atoms with E-state index in [4.69, 9.17) is 9.15 Å². The molecule has 2 aromatic carbocycles. The molecule has 8 heteroatoms. The van der Waals surface area contributed by atoms with Gasteiger partial charge in [-0.2, -0.15) is 22.0 Å². The van der Waals surface area contributed by atoms with Crippen molar-refractivity contribution in [3.63, 3.8) is 0 Å². The van der Waals surface area contributed by atoms with Crippen LogP contribution in [0.15, 0.2) is 47.1 Å². The van der Waals surface area contributed by atoms with E-state index >= 15 is 0 Å². The summed E-state index contributed by atoms with van der Waals surface area (Å²) in [5, 5.41) is 0.792. The number of aryl methyl sites for hydroxylation is 1. The molecule has 0 aliphatic carbocycles. The molecule has 0 amide bonds. The molecule has 3 aromatic rings. The van der Waals surface area contributed by atoms with Crippen molar-refractivity contribution >= 4 is 11.0 Å². The lowest BCUT2D eigenvalue weighted by molar-refractivity contribution is -0.138. The molecule has 0 aliphatic rings. The van der Waals surface area contributed by atoms with Gasteiger partial charge < -0.3 is 13.9 Å². The van der Waals surface area contributed by atoms with Crippen LogP contribution in [0, 0.1) is 6.92 Å². The van der Waals surface area contributed by atoms with E-state index in [1.807, 2.05) is 0 Å². The summed E-state index contributed by atoms with van der Waals surface area (Å²) in [6.45, 7) is -2.09. The smallest absolute Gasteiger partial charge is 0.416 e. The number of benzene rings is 2. The van der Waals surface area contributed by atoms with Crippen LogP contribution in [0.5, 0.6) is 17.2 Å². The SMILES string of the molecule is Cc1cc(Oc2ccc3ccoc3c2)c(OC(F)F)cc1C(F)(F)F. The highest BCUT2D eigenvalue weighted by Gasteiger charge is 2.34. The maximum absolute atomic E-state index is 13.0. The summed E-state index contributed by atoms with van der Waals surface area (Å²) < 4.78 is 78.9. The minimum atomic E-state index is -4.70. The highest BCUT2D eigenvalue weighted by molar-refractivity contribution is 5.78. The monoisotopic (exact) mass is 358 g/mol. The summed E-state index contributed by atoms with van der Waals surface area (Å²) in [7, 11) is 0. The van der Waals surface area contributed by atoms with E-state index in [0.29, 0.717) is 11.6 Å². The Hall–Kier alpha value is -2.77. The van der Waals surface area contributed by atoms with Crippen LogP contribution in [-0.4, -0.2) is 6.61 Å². The maximum atomic E-state index is 13.0. The molecule has 0 bridgehead atoms. The number of ether oxygens (including phenoxy) is 2. The van der Waals surface area contributed by atoms with Crippen molar-refractivity contribution < 1.29 is 35.8 Å². The molecular formula is C17H11F5O3. The fourth-order valence-corrected chi connectivity index (χ4v) is 2.36. The van der Waals surface area contributed by atoms with Gasteiger partial charge in [0.05, 0.1) is 11.8 Å². The lowest BCUT2D eigenvalue weighted by Crippen LogP contribution is -2.10. The predicted octanol–water partition coefficient (Wildman–Crippen LogP) is 6.15. The van der Waals surface area contributed by atoms with Gasteiger partial charge in [-0.1, -0.05) is 0 Å². The van der Waals surface area contributed by atoms with Crippen LogP contribution in [0.3, 0.4) is 0 Å². The topological polar surface area (TPSA) is 31.6 Å². The first kappa shape index (κ1) is 17.1. The zero-order valence-corrected chi connectivity index (χ0v) is 12.7. The first-order valence-electron chi connectivity index (χ1n) is 7.06. The Labute approximate surface area is 138 Å². The quantitative estimate of drug-likeness (QED) is 0.524. The molecule has 0 saturated carbocycles. The van der Waals surface area contributed by atoms with Gasteiger partial charge in [0, 0.05) is 11.5 Å². The molecule has 0 atom stereocenters. The molecule has 0 saturated heterocycles. The Morgan fingerprint density at radius 2 is 1.76 bits per heavy atom. The summed E-state index contributed by atoms with van der Waals surface area (Å²) in [4.78, 5) is 0. The Morgan fingerprint density at radius 1 is 1.00 bits per heavy atom. The van der Waals surface area contributed by atoms with Crippen LogP contribution in [0.25, 0.3) is 11.0 Å². The Morgan fingerprint density at radius 3 is 2.44 bits per heavy atom. The molecule has 0 unspecified atom stereocenters. The molecule has 132 valence electrons. The van der Waals surface area contributed by atoms with E-state index in [1.165, 1.54) is 25.3 Å². The molecule has 3 nitrogen and oxygen atoms in total. The highest BCUT2D eigenvalue weighted by Crippen LogP contribution is 2.41. The average Bonchev–Trinajstić information content (AvgIpc) is 2.95. The van der Waals surface area contributed by atoms with Crippen molar-refractivity contribution in [2.75, 3.05) is 0 Å². The summed E-state index contributed by atoms with van der Waals surface area (Å²) in [5.41, 5.74) is -0.766. The molecule has 0 N–H and O–H groups in total. The van der Waals surface area contributed by atoms with E-state index in [-0.39, 0.29) is 17.1 Å². The molecule has 1 heterocycles. The van der Waals surface area contributed by atoms with E-state index in [2.05, 4.69) is 4.74 Å². The Balaban J connectivity index is 2.02. The number of furan rings is 1. The van der Waals surface area contributed by atoms with E-state index < -0.39 is 24.1 Å². The zero-order valence-electron chi connectivity index (χ0n) is 12.7. The minimum absolute atomic E-state index is 0.178. The van der Waals surface area contributed by atoms with Crippen LogP contribution >= 0.6 is 0 Å². The molecule has 1 aromatic heterocycles. The largest absolute Gasteiger partial charge is 0.464 e. The van der Waals surface area contributed by atoms with Crippen molar-refractivity contribution in [3.05, 3.63) is 53.8 Å². The van der Waals surface area contributed by atoms with Crippen LogP contribution in [0.2, 0.25) is 0 Å². The Kier molecular flexibility index (Phi) is 4.28. The summed E-state index contributed by atoms with van der Waals surface area (Å²) in [6.07, 6.45) is -3.24. The van der Waals surface area contributed by atoms with Crippen LogP contribution in [0.4, 0.5) is 22.0 Å². The fraction of sp³-hybridized carbons (Fsp3) is 0.176. The zero-order chi connectivity index (χ0) is 18.2. The van der Waals surface area contributed by atoms with Gasteiger partial charge in [-0.15, -0.1) is 0 Å². The van der Waals surface area contributed by atoms with Gasteiger partial charge in [0.25, 0.3) is 0 Å². The van der Waals surface area contributed by atoms with E-state index in [1.54, 1.807) is 12.1 Å². The number of alkyl halides is 5. The van der Waals surface area contributed by atoms with Crippen molar-refractivity contribution in [2.24, 2.45) is 0 Å². The third-order valence-electron chi connectivity index (χ3n) is 3.47. The number of fused-ring (bicyclic) bond motifs is 1. The van der Waals surface area contributed by atoms with Crippen molar-refractivity contribution in [3.8, 4) is 17.2 Å². The Bertz CT molecular complexity index is 899. The molecular weight excluding hydrogens is 347 g/mol. The molecule has 3 rings (SSSR count). The van der Waals surface area contributed by atoms with Gasteiger partial charge in [-0.25, -0.2) is 0 Å². The normalized spacial score (nSPS) is 12.0. The number of hydrogen-bond donors (Lipinski definition) is 0. The fourth-order valence-electron chi connectivity index (χ4n) is 2.36. The minimum Gasteiger partial charge on any atom is -0.464 e. The lowest BCUT2D eigenvalue weighted by Gasteiger charge is -2.17. The number of hydrogen-bond acceptors (Lipinski definition) is 3. The lowest BCUT2D eigenvalue weighted by atomic mass is 10.1. The highest BCUT2D eigenvalue weighted by atomic mass is 19.4. The van der Waals surface area contributed by atoms with Gasteiger partial charge in [-0.3, -0.25) is 0 Å². The average molecular weight is 358 g/mol. The van der Waals surface area contributed by atoms with Crippen LogP contribution < -0.4 is 9.47 Å². The van der Waals surface area contributed by atoms with Gasteiger partial charge >= 0.3 is 12.8 Å². The maximum Gasteiger partial charge on any atom is 0.416 e. The summed E-state index contributed by atoms with van der Waals surface area (Å²) >= 11 is 0. The summed E-state index contributed by atoms with van der Waals surface area (Å²) in [5.74, 6) is -0.745. The van der Waals surface area contributed by atoms with Gasteiger partial charge in [0.1, 0.15) is 11.3 Å². The van der Waals surface area contributed by atoms with Crippen molar-refractivity contribution in [1.82, 2.24) is 0 Å². The third-order valence-corrected chi connectivity index (χ3v) is 3.47. The first-order chi connectivity index (χ1) is 11.7. The standard InChI is InChI=1S/C17H11F5O3/c1-9-6-14(15(25-16(18)19)8-12(9)17(20,21)22)24-11-3-2-10-4-5-23-13(10)7-11/h2-8,16H,1H3. The van der Waals surface area contributed by atoms with Gasteiger partial charge in [0.15, 0.2) is 11.5 Å². The van der Waals surface area contributed by atoms with Crippen molar-refractivity contribution in [1.29, 1.82) is 0 Å². The van der Waals surface area contributed by atoms with Crippen LogP contribution in [-0.2, 0) is 6.18 Å².